The van der Waals surface area contributed by atoms with Crippen molar-refractivity contribution in [3.8, 4) is 12.3 Å². The first-order chi connectivity index (χ1) is 5.99. The van der Waals surface area contributed by atoms with Crippen molar-refractivity contribution in [3.05, 3.63) is 23.3 Å². The van der Waals surface area contributed by atoms with Crippen LogP contribution < -0.4 is 0 Å². The van der Waals surface area contributed by atoms with Gasteiger partial charge in [-0.15, -0.1) is 12.3 Å². The Morgan fingerprint density at radius 1 is 1.62 bits per heavy atom. The monoisotopic (exact) mass is 176 g/mol. The third-order valence-electron chi connectivity index (χ3n) is 2.55. The maximum Gasteiger partial charge on any atom is 0.0847 e. The molecule has 13 heavy (non-hydrogen) atoms. The van der Waals surface area contributed by atoms with Crippen LogP contribution in [0.4, 0.5) is 0 Å². The molecule has 2 atom stereocenters. The quantitative estimate of drug-likeness (QED) is 0.608. The highest BCUT2D eigenvalue weighted by Gasteiger charge is 2.33. The fraction of sp³-hybridized carbons (Fsp3) is 0.500. The third kappa shape index (κ3) is 1.84. The van der Waals surface area contributed by atoms with Crippen molar-refractivity contribution < 1.29 is 5.11 Å². The number of aliphatic hydroxyl groups excluding tert-OH is 1. The van der Waals surface area contributed by atoms with Crippen LogP contribution in [0.5, 0.6) is 0 Å². The van der Waals surface area contributed by atoms with Crippen molar-refractivity contribution in [1.29, 1.82) is 0 Å². The lowest BCUT2D eigenvalue weighted by molar-refractivity contribution is 0.103. The summed E-state index contributed by atoms with van der Waals surface area (Å²) in [5, 5.41) is 9.94. The van der Waals surface area contributed by atoms with Crippen LogP contribution in [0.15, 0.2) is 23.3 Å². The molecule has 0 aromatic carbocycles. The van der Waals surface area contributed by atoms with Crippen molar-refractivity contribution in [2.24, 2.45) is 5.41 Å². The van der Waals surface area contributed by atoms with Crippen molar-refractivity contribution in [1.82, 2.24) is 0 Å². The van der Waals surface area contributed by atoms with Gasteiger partial charge in [0.05, 0.1) is 6.10 Å². The number of aliphatic hydroxyl groups is 1. The Bertz CT molecular complexity index is 304. The molecule has 0 amide bonds. The molecule has 0 saturated carbocycles. The van der Waals surface area contributed by atoms with E-state index in [2.05, 4.69) is 12.0 Å². The highest BCUT2D eigenvalue weighted by Crippen LogP contribution is 2.36. The number of allylic oxidation sites excluding steroid dienone is 2. The molecule has 0 aromatic heterocycles. The zero-order chi connectivity index (χ0) is 10.1. The number of hydrogen-bond acceptors (Lipinski definition) is 1. The van der Waals surface area contributed by atoms with E-state index in [0.717, 1.165) is 5.57 Å². The third-order valence-corrected chi connectivity index (χ3v) is 2.55. The first kappa shape index (κ1) is 10.1. The van der Waals surface area contributed by atoms with E-state index < -0.39 is 6.10 Å². The van der Waals surface area contributed by atoms with Crippen LogP contribution in [-0.2, 0) is 0 Å². The normalized spacial score (nSPS) is 33.3. The lowest BCUT2D eigenvalue weighted by atomic mass is 9.74. The molecule has 0 spiro atoms. The van der Waals surface area contributed by atoms with E-state index in [1.54, 1.807) is 0 Å². The molecule has 1 nitrogen and oxygen atoms in total. The summed E-state index contributed by atoms with van der Waals surface area (Å²) in [5.74, 6) is 2.62. The Hall–Kier alpha value is -1.00. The van der Waals surface area contributed by atoms with Crippen molar-refractivity contribution >= 4 is 0 Å². The molecule has 0 saturated heterocycles. The number of hydrogen-bond donors (Lipinski definition) is 1. The second-order valence-corrected chi connectivity index (χ2v) is 4.07. The van der Waals surface area contributed by atoms with Gasteiger partial charge < -0.3 is 5.11 Å². The molecule has 1 aliphatic rings. The second-order valence-electron chi connectivity index (χ2n) is 4.07. The van der Waals surface area contributed by atoms with E-state index in [4.69, 9.17) is 6.42 Å². The summed E-state index contributed by atoms with van der Waals surface area (Å²) >= 11 is 0. The molecular formula is C12H16O. The van der Waals surface area contributed by atoms with Gasteiger partial charge in [0.15, 0.2) is 0 Å². The Balaban J connectivity index is 3.02. The molecule has 1 N–H and O–H groups in total. The molecule has 1 aliphatic carbocycles. The molecule has 2 unspecified atom stereocenters. The van der Waals surface area contributed by atoms with Gasteiger partial charge in [-0.2, -0.15) is 0 Å². The van der Waals surface area contributed by atoms with Crippen LogP contribution in [0.3, 0.4) is 0 Å². The minimum atomic E-state index is -0.438. The predicted octanol–water partition coefficient (Wildman–Crippen LogP) is 2.28. The lowest BCUT2D eigenvalue weighted by Crippen LogP contribution is -2.33. The summed E-state index contributed by atoms with van der Waals surface area (Å²) in [6.07, 6.45) is 9.49. The van der Waals surface area contributed by atoms with Crippen molar-refractivity contribution in [3.63, 3.8) is 0 Å². The zero-order valence-electron chi connectivity index (χ0n) is 8.46. The summed E-state index contributed by atoms with van der Waals surface area (Å²) in [7, 11) is 0. The van der Waals surface area contributed by atoms with Gasteiger partial charge in [0, 0.05) is 11.8 Å². The molecule has 0 radical (unpaired) electrons. The van der Waals surface area contributed by atoms with Crippen LogP contribution in [0, 0.1) is 17.8 Å². The van der Waals surface area contributed by atoms with Crippen LogP contribution in [0.2, 0.25) is 0 Å². The molecule has 0 aromatic rings. The van der Waals surface area contributed by atoms with Gasteiger partial charge in [0.2, 0.25) is 0 Å². The van der Waals surface area contributed by atoms with Gasteiger partial charge in [-0.25, -0.2) is 0 Å². The Morgan fingerprint density at radius 2 is 2.23 bits per heavy atom. The van der Waals surface area contributed by atoms with E-state index in [1.165, 1.54) is 5.57 Å². The minimum absolute atomic E-state index is 0.280. The smallest absolute Gasteiger partial charge is 0.0847 e. The Labute approximate surface area is 80.2 Å². The van der Waals surface area contributed by atoms with Gasteiger partial charge in [-0.05, 0) is 19.4 Å². The predicted molar refractivity (Wildman–Crippen MR) is 55.1 cm³/mol. The molecule has 1 rings (SSSR count). The second kappa shape index (κ2) is 3.40. The lowest BCUT2D eigenvalue weighted by Gasteiger charge is -2.34. The Kier molecular flexibility index (Phi) is 2.63. The van der Waals surface area contributed by atoms with E-state index in [9.17, 15) is 5.11 Å². The van der Waals surface area contributed by atoms with E-state index in [0.29, 0.717) is 6.42 Å². The summed E-state index contributed by atoms with van der Waals surface area (Å²) in [5.41, 5.74) is 1.90. The fourth-order valence-electron chi connectivity index (χ4n) is 1.97. The summed E-state index contributed by atoms with van der Waals surface area (Å²) in [6, 6.07) is 0. The molecule has 1 heteroatoms. The minimum Gasteiger partial charge on any atom is -0.388 e. The van der Waals surface area contributed by atoms with Crippen molar-refractivity contribution in [2.75, 3.05) is 0 Å². The standard InChI is InChI=1S/C12H16O/c1-5-6-12(4)8-9(2)7-10(3)11(12)13/h1,7-8,11,13H,6H2,2-4H3. The van der Waals surface area contributed by atoms with Crippen LogP contribution in [0.25, 0.3) is 0 Å². The maximum atomic E-state index is 9.94. The Morgan fingerprint density at radius 3 is 2.77 bits per heavy atom. The highest BCUT2D eigenvalue weighted by molar-refractivity contribution is 5.33. The molecule has 0 aliphatic heterocycles. The topological polar surface area (TPSA) is 20.2 Å². The summed E-state index contributed by atoms with van der Waals surface area (Å²) in [6.45, 7) is 5.97. The van der Waals surface area contributed by atoms with E-state index >= 15 is 0 Å². The summed E-state index contributed by atoms with van der Waals surface area (Å²) in [4.78, 5) is 0. The van der Waals surface area contributed by atoms with Gasteiger partial charge in [0.1, 0.15) is 0 Å². The first-order valence-corrected chi connectivity index (χ1v) is 4.49. The van der Waals surface area contributed by atoms with Crippen molar-refractivity contribution in [2.45, 2.75) is 33.3 Å². The molecule has 0 bridgehead atoms. The van der Waals surface area contributed by atoms with Gasteiger partial charge in [-0.1, -0.05) is 24.6 Å². The van der Waals surface area contributed by atoms with Gasteiger partial charge in [-0.3, -0.25) is 0 Å². The average Bonchev–Trinajstić information content (AvgIpc) is 2.00. The number of rotatable bonds is 1. The van der Waals surface area contributed by atoms with E-state index in [-0.39, 0.29) is 5.41 Å². The summed E-state index contributed by atoms with van der Waals surface area (Å²) < 4.78 is 0. The van der Waals surface area contributed by atoms with Crippen LogP contribution in [0.1, 0.15) is 27.2 Å². The highest BCUT2D eigenvalue weighted by atomic mass is 16.3. The molecule has 70 valence electrons. The largest absolute Gasteiger partial charge is 0.388 e. The average molecular weight is 176 g/mol. The van der Waals surface area contributed by atoms with Gasteiger partial charge in [0.25, 0.3) is 0 Å². The fourth-order valence-corrected chi connectivity index (χ4v) is 1.97. The SMILES string of the molecule is C#CCC1(C)C=C(C)C=C(C)C1O. The molecule has 0 fully saturated rings. The van der Waals surface area contributed by atoms with Gasteiger partial charge >= 0.3 is 0 Å². The molecule has 0 heterocycles. The van der Waals surface area contributed by atoms with Crippen LogP contribution >= 0.6 is 0 Å². The van der Waals surface area contributed by atoms with E-state index in [1.807, 2.05) is 26.8 Å². The maximum absolute atomic E-state index is 9.94. The van der Waals surface area contributed by atoms with Crippen LogP contribution in [-0.4, -0.2) is 11.2 Å². The first-order valence-electron chi connectivity index (χ1n) is 4.49. The zero-order valence-corrected chi connectivity index (χ0v) is 8.46. The number of terminal acetylenes is 1. The molecular weight excluding hydrogens is 160 g/mol.